The highest BCUT2D eigenvalue weighted by Crippen LogP contribution is 2.33. The van der Waals surface area contributed by atoms with Gasteiger partial charge >= 0.3 is 0 Å². The van der Waals surface area contributed by atoms with E-state index in [1.165, 1.54) is 5.56 Å². The number of aryl methyl sites for hydroxylation is 1. The highest BCUT2D eigenvalue weighted by molar-refractivity contribution is 7.10. The number of hydrogen-bond donors (Lipinski definition) is 1. The van der Waals surface area contributed by atoms with Gasteiger partial charge in [0.25, 0.3) is 0 Å². The van der Waals surface area contributed by atoms with Crippen LogP contribution in [0.1, 0.15) is 34.5 Å². The number of rotatable bonds is 3. The summed E-state index contributed by atoms with van der Waals surface area (Å²) in [6.45, 7) is 2.13. The maximum Gasteiger partial charge on any atom is 0.163 e. The number of nitrogens with two attached hydrogens (primary N) is 1. The molecule has 1 aliphatic heterocycles. The Bertz CT molecular complexity index is 943. The Balaban J connectivity index is 2.00. The number of aliphatic imine (C=N–C) groups is 2. The molecule has 4 nitrogen and oxygen atoms in total. The molecular formula is C20H18N4S. The summed E-state index contributed by atoms with van der Waals surface area (Å²) in [6.07, 6.45) is 2.68. The molecule has 0 amide bonds. The predicted molar refractivity (Wildman–Crippen MR) is 104 cm³/mol. The number of thiophene rings is 1. The monoisotopic (exact) mass is 346 g/mol. The molecule has 3 heterocycles. The van der Waals surface area contributed by atoms with Crippen molar-refractivity contribution in [3.05, 3.63) is 81.7 Å². The summed E-state index contributed by atoms with van der Waals surface area (Å²) < 4.78 is 0. The Morgan fingerprint density at radius 1 is 1.08 bits per heavy atom. The van der Waals surface area contributed by atoms with E-state index in [9.17, 15) is 0 Å². The normalized spacial score (nSPS) is 16.6. The number of benzene rings is 1. The van der Waals surface area contributed by atoms with Crippen LogP contribution in [0.25, 0.3) is 0 Å². The molecule has 0 bridgehead atoms. The largest absolute Gasteiger partial charge is 0.385 e. The van der Waals surface area contributed by atoms with Crippen LogP contribution in [0, 0.1) is 0 Å². The van der Waals surface area contributed by atoms with Crippen molar-refractivity contribution in [3.8, 4) is 0 Å². The molecule has 1 atom stereocenters. The summed E-state index contributed by atoms with van der Waals surface area (Å²) in [4.78, 5) is 15.3. The molecule has 1 aromatic carbocycles. The smallest absolute Gasteiger partial charge is 0.163 e. The quantitative estimate of drug-likeness (QED) is 0.769. The van der Waals surface area contributed by atoms with Crippen molar-refractivity contribution in [3.63, 3.8) is 0 Å². The fourth-order valence-corrected chi connectivity index (χ4v) is 3.81. The third kappa shape index (κ3) is 2.87. The van der Waals surface area contributed by atoms with E-state index in [-0.39, 0.29) is 6.04 Å². The van der Waals surface area contributed by atoms with Crippen molar-refractivity contribution in [2.45, 2.75) is 19.4 Å². The molecule has 25 heavy (non-hydrogen) atoms. The van der Waals surface area contributed by atoms with Gasteiger partial charge < -0.3 is 5.73 Å². The Hall–Kier alpha value is -2.79. The van der Waals surface area contributed by atoms with Crippen molar-refractivity contribution < 1.29 is 0 Å². The Morgan fingerprint density at radius 2 is 1.92 bits per heavy atom. The van der Waals surface area contributed by atoms with Crippen LogP contribution in [0.2, 0.25) is 0 Å². The fraction of sp³-hybridized carbons (Fsp3) is 0.150. The average molecular weight is 346 g/mol. The topological polar surface area (TPSA) is 63.6 Å². The molecule has 5 heteroatoms. The maximum absolute atomic E-state index is 6.33. The zero-order valence-corrected chi connectivity index (χ0v) is 14.7. The van der Waals surface area contributed by atoms with Crippen LogP contribution >= 0.6 is 11.3 Å². The second-order valence-corrected chi connectivity index (χ2v) is 6.80. The number of hydrogen-bond acceptors (Lipinski definition) is 5. The van der Waals surface area contributed by atoms with Crippen LogP contribution < -0.4 is 5.73 Å². The molecule has 0 saturated carbocycles. The Labute approximate surface area is 150 Å². The maximum atomic E-state index is 6.33. The number of pyridine rings is 1. The van der Waals surface area contributed by atoms with Crippen LogP contribution in [0.5, 0.6) is 0 Å². The van der Waals surface area contributed by atoms with Gasteiger partial charge in [-0.2, -0.15) is 0 Å². The van der Waals surface area contributed by atoms with Gasteiger partial charge in [0.2, 0.25) is 0 Å². The zero-order chi connectivity index (χ0) is 17.2. The van der Waals surface area contributed by atoms with Gasteiger partial charge in [-0.15, -0.1) is 11.3 Å². The molecular weight excluding hydrogens is 328 g/mol. The third-order valence-corrected chi connectivity index (χ3v) is 5.19. The van der Waals surface area contributed by atoms with E-state index in [2.05, 4.69) is 29.0 Å². The molecule has 0 saturated heterocycles. The number of amidine groups is 1. The summed E-state index contributed by atoms with van der Waals surface area (Å²) in [5.74, 6) is 1.13. The van der Waals surface area contributed by atoms with Crippen LogP contribution in [0.3, 0.4) is 0 Å². The second kappa shape index (κ2) is 6.61. The molecule has 124 valence electrons. The van der Waals surface area contributed by atoms with E-state index in [1.54, 1.807) is 17.5 Å². The van der Waals surface area contributed by atoms with Crippen molar-refractivity contribution in [1.29, 1.82) is 0 Å². The lowest BCUT2D eigenvalue weighted by Gasteiger charge is -2.13. The van der Waals surface area contributed by atoms with Crippen molar-refractivity contribution in [1.82, 2.24) is 4.98 Å². The third-order valence-electron chi connectivity index (χ3n) is 4.27. The minimum absolute atomic E-state index is 0.283. The second-order valence-electron chi connectivity index (χ2n) is 5.82. The minimum Gasteiger partial charge on any atom is -0.385 e. The Morgan fingerprint density at radius 3 is 2.64 bits per heavy atom. The minimum atomic E-state index is -0.283. The van der Waals surface area contributed by atoms with Gasteiger partial charge in [0.1, 0.15) is 11.9 Å². The molecule has 4 rings (SSSR count). The van der Waals surface area contributed by atoms with Gasteiger partial charge in [-0.25, -0.2) is 9.98 Å². The molecule has 0 spiro atoms. The number of nitrogens with zero attached hydrogens (tertiary/aromatic N) is 3. The summed E-state index contributed by atoms with van der Waals surface area (Å²) in [6, 6.07) is 16.0. The molecule has 3 aromatic rings. The average Bonchev–Trinajstić information content (AvgIpc) is 3.13. The molecule has 1 unspecified atom stereocenters. The highest BCUT2D eigenvalue weighted by Gasteiger charge is 2.25. The first-order valence-corrected chi connectivity index (χ1v) is 9.15. The van der Waals surface area contributed by atoms with Gasteiger partial charge in [0.05, 0.1) is 5.71 Å². The van der Waals surface area contributed by atoms with Gasteiger partial charge in [0.15, 0.2) is 5.82 Å². The first-order valence-electron chi connectivity index (χ1n) is 8.27. The van der Waals surface area contributed by atoms with Crippen LogP contribution in [0.4, 0.5) is 5.82 Å². The predicted octanol–water partition coefficient (Wildman–Crippen LogP) is 4.29. The molecule has 1 aliphatic rings. The lowest BCUT2D eigenvalue weighted by molar-refractivity contribution is 0.977. The fourth-order valence-electron chi connectivity index (χ4n) is 3.04. The first-order chi connectivity index (χ1) is 12.3. The SMILES string of the molecule is CCc1ccnc2c1C(c1ccccc1)=NC(c1cccs1)C(N)=N2. The zero-order valence-electron chi connectivity index (χ0n) is 13.9. The van der Waals surface area contributed by atoms with E-state index in [1.807, 2.05) is 41.8 Å². The molecule has 0 aliphatic carbocycles. The lowest BCUT2D eigenvalue weighted by Crippen LogP contribution is -2.20. The van der Waals surface area contributed by atoms with E-state index >= 15 is 0 Å². The number of aromatic nitrogens is 1. The van der Waals surface area contributed by atoms with Crippen molar-refractivity contribution in [2.24, 2.45) is 15.7 Å². The van der Waals surface area contributed by atoms with Gasteiger partial charge in [-0.1, -0.05) is 43.3 Å². The van der Waals surface area contributed by atoms with Crippen molar-refractivity contribution in [2.75, 3.05) is 0 Å². The summed E-state index contributed by atoms with van der Waals surface area (Å²) in [5.41, 5.74) is 10.4. The van der Waals surface area contributed by atoms with Gasteiger partial charge in [-0.3, -0.25) is 4.99 Å². The molecule has 2 aromatic heterocycles. The van der Waals surface area contributed by atoms with Crippen LogP contribution in [-0.4, -0.2) is 16.5 Å². The van der Waals surface area contributed by atoms with Crippen LogP contribution in [0.15, 0.2) is 70.1 Å². The first kappa shape index (κ1) is 15.7. The van der Waals surface area contributed by atoms with Gasteiger partial charge in [-0.05, 0) is 29.5 Å². The van der Waals surface area contributed by atoms with Crippen LogP contribution in [-0.2, 0) is 6.42 Å². The molecule has 0 radical (unpaired) electrons. The van der Waals surface area contributed by atoms with E-state index in [4.69, 9.17) is 10.7 Å². The summed E-state index contributed by atoms with van der Waals surface area (Å²) in [5, 5.41) is 2.04. The summed E-state index contributed by atoms with van der Waals surface area (Å²) in [7, 11) is 0. The lowest BCUT2D eigenvalue weighted by atomic mass is 9.97. The summed E-state index contributed by atoms with van der Waals surface area (Å²) >= 11 is 1.64. The Kier molecular flexibility index (Phi) is 4.15. The molecule has 0 fully saturated rings. The van der Waals surface area contributed by atoms with Gasteiger partial charge in [0, 0.05) is 22.2 Å². The van der Waals surface area contributed by atoms with E-state index in [0.29, 0.717) is 11.7 Å². The standard InChI is InChI=1S/C20H18N4S/c1-2-13-10-11-22-20-16(13)17(14-7-4-3-5-8-14)23-18(19(21)24-20)15-9-6-12-25-15/h3-12,18H,2H2,1H3,(H2,21,22,24). The highest BCUT2D eigenvalue weighted by atomic mass is 32.1. The van der Waals surface area contributed by atoms with Crippen molar-refractivity contribution >= 4 is 28.7 Å². The number of fused-ring (bicyclic) bond motifs is 1. The van der Waals surface area contributed by atoms with E-state index < -0.39 is 0 Å². The van der Waals surface area contributed by atoms with E-state index in [0.717, 1.165) is 28.1 Å². The molecule has 2 N–H and O–H groups in total.